The van der Waals surface area contributed by atoms with Crippen LogP contribution in [0.3, 0.4) is 0 Å². The summed E-state index contributed by atoms with van der Waals surface area (Å²) < 4.78 is 1.04. The number of nitrogens with zero attached hydrogens (tertiary/aromatic N) is 3. The molecule has 1 amide bonds. The van der Waals surface area contributed by atoms with Crippen molar-refractivity contribution in [1.29, 1.82) is 0 Å². The number of amides is 1. The number of benzene rings is 1. The Balaban J connectivity index is 2.28. The van der Waals surface area contributed by atoms with Crippen LogP contribution in [0.25, 0.3) is 10.9 Å². The van der Waals surface area contributed by atoms with Gasteiger partial charge in [0.05, 0.1) is 17.3 Å². The van der Waals surface area contributed by atoms with Crippen LogP contribution >= 0.6 is 11.6 Å². The molecule has 1 aromatic carbocycles. The van der Waals surface area contributed by atoms with Gasteiger partial charge < -0.3 is 10.4 Å². The lowest BCUT2D eigenvalue weighted by atomic mass is 10.1. The highest BCUT2D eigenvalue weighted by molar-refractivity contribution is 6.32. The third kappa shape index (κ3) is 2.59. The van der Waals surface area contributed by atoms with Crippen LogP contribution in [-0.2, 0) is 0 Å². The molecular weight excluding hydrogens is 332 g/mol. The number of ketones is 1. The number of hydrogen-bond acceptors (Lipinski definition) is 5. The minimum absolute atomic E-state index is 0.0424. The van der Waals surface area contributed by atoms with Gasteiger partial charge in [-0.05, 0) is 25.1 Å². The van der Waals surface area contributed by atoms with Gasteiger partial charge in [0.1, 0.15) is 5.69 Å². The van der Waals surface area contributed by atoms with E-state index in [2.05, 4.69) is 15.3 Å². The first-order chi connectivity index (χ1) is 11.5. The average molecular weight is 345 g/mol. The van der Waals surface area contributed by atoms with Crippen LogP contribution in [0.15, 0.2) is 36.8 Å². The molecule has 0 saturated heterocycles. The van der Waals surface area contributed by atoms with Crippen molar-refractivity contribution < 1.29 is 14.7 Å². The molecule has 0 atom stereocenters. The fraction of sp³-hybridized carbons (Fsp3) is 0.125. The monoisotopic (exact) mass is 344 g/mol. The Morgan fingerprint density at radius 3 is 2.79 bits per heavy atom. The number of hydrogen-bond donors (Lipinski definition) is 2. The van der Waals surface area contributed by atoms with Gasteiger partial charge in [0.2, 0.25) is 11.7 Å². The van der Waals surface area contributed by atoms with Crippen LogP contribution in [0.2, 0.25) is 5.02 Å². The first-order valence-electron chi connectivity index (χ1n) is 7.16. The molecule has 24 heavy (non-hydrogen) atoms. The first-order valence-corrected chi connectivity index (χ1v) is 7.54. The number of fused-ring (bicyclic) bond motifs is 1. The Hall–Kier alpha value is -2.93. The lowest BCUT2D eigenvalue weighted by Crippen LogP contribution is -2.27. The van der Waals surface area contributed by atoms with Gasteiger partial charge in [-0.3, -0.25) is 9.78 Å². The molecule has 3 rings (SSSR count). The summed E-state index contributed by atoms with van der Waals surface area (Å²) in [6.07, 6.45) is 4.10. The van der Waals surface area contributed by atoms with E-state index >= 15 is 0 Å². The number of carbonyl (C=O) groups is 2. The van der Waals surface area contributed by atoms with Gasteiger partial charge in [-0.2, -0.15) is 0 Å². The molecule has 0 bridgehead atoms. The number of nitrogens with one attached hydrogen (secondary N) is 1. The lowest BCUT2D eigenvalue weighted by molar-refractivity contribution is 0.103. The maximum atomic E-state index is 12.7. The topological polar surface area (TPSA) is 97.1 Å². The molecule has 2 N–H and O–H groups in total. The fourth-order valence-corrected chi connectivity index (χ4v) is 2.63. The second-order valence-electron chi connectivity index (χ2n) is 4.95. The molecule has 0 radical (unpaired) electrons. The fourth-order valence-electron chi connectivity index (χ4n) is 2.45. The molecule has 3 aromatic rings. The van der Waals surface area contributed by atoms with Crippen LogP contribution in [0.4, 0.5) is 4.79 Å². The molecule has 0 spiro atoms. The Morgan fingerprint density at radius 1 is 1.33 bits per heavy atom. The van der Waals surface area contributed by atoms with Crippen molar-refractivity contribution >= 4 is 34.3 Å². The summed E-state index contributed by atoms with van der Waals surface area (Å²) in [5.41, 5.74) is 0.386. The molecule has 0 aliphatic heterocycles. The highest BCUT2D eigenvalue weighted by Gasteiger charge is 2.27. The normalized spacial score (nSPS) is 10.8. The highest BCUT2D eigenvalue weighted by atomic mass is 35.5. The van der Waals surface area contributed by atoms with Gasteiger partial charge >= 0.3 is 6.03 Å². The average Bonchev–Trinajstić information content (AvgIpc) is 2.86. The SMILES string of the molecule is CCNC(=O)n1c(O)c(C(=O)c2cnccn2)c2cc(Cl)ccc21. The third-order valence-corrected chi connectivity index (χ3v) is 3.69. The zero-order valence-corrected chi connectivity index (χ0v) is 13.4. The molecule has 122 valence electrons. The second kappa shape index (κ2) is 6.29. The van der Waals surface area contributed by atoms with Crippen molar-refractivity contribution in [3.63, 3.8) is 0 Å². The highest BCUT2D eigenvalue weighted by Crippen LogP contribution is 2.34. The summed E-state index contributed by atoms with van der Waals surface area (Å²) >= 11 is 6.01. The molecule has 2 aromatic heterocycles. The van der Waals surface area contributed by atoms with Crippen LogP contribution < -0.4 is 5.32 Å². The Morgan fingerprint density at radius 2 is 2.12 bits per heavy atom. The van der Waals surface area contributed by atoms with E-state index in [1.165, 1.54) is 24.7 Å². The molecule has 0 saturated carbocycles. The zero-order valence-electron chi connectivity index (χ0n) is 12.7. The Kier molecular flexibility index (Phi) is 4.18. The standard InChI is InChI=1S/C16H13ClN4O3/c1-2-19-16(24)21-12-4-3-9(17)7-10(12)13(15(21)23)14(22)11-8-18-5-6-20-11/h3-8,23H,2H2,1H3,(H,19,24). The largest absolute Gasteiger partial charge is 0.494 e. The van der Waals surface area contributed by atoms with E-state index in [1.54, 1.807) is 19.1 Å². The number of aromatic nitrogens is 3. The minimum atomic E-state index is -0.545. The van der Waals surface area contributed by atoms with Gasteiger partial charge in [-0.15, -0.1) is 0 Å². The molecule has 0 unspecified atom stereocenters. The van der Waals surface area contributed by atoms with E-state index < -0.39 is 17.7 Å². The Bertz CT molecular complexity index is 937. The molecule has 0 aliphatic carbocycles. The summed E-state index contributed by atoms with van der Waals surface area (Å²) in [7, 11) is 0. The van der Waals surface area contributed by atoms with Crippen molar-refractivity contribution in [2.24, 2.45) is 0 Å². The van der Waals surface area contributed by atoms with E-state index in [0.717, 1.165) is 4.57 Å². The van der Waals surface area contributed by atoms with Crippen molar-refractivity contribution in [2.45, 2.75) is 6.92 Å². The van der Waals surface area contributed by atoms with Crippen molar-refractivity contribution in [2.75, 3.05) is 6.54 Å². The van der Waals surface area contributed by atoms with Crippen LogP contribution in [-0.4, -0.2) is 38.0 Å². The predicted molar refractivity (Wildman–Crippen MR) is 88.5 cm³/mol. The van der Waals surface area contributed by atoms with E-state index in [0.29, 0.717) is 22.5 Å². The van der Waals surface area contributed by atoms with E-state index in [9.17, 15) is 14.7 Å². The van der Waals surface area contributed by atoms with E-state index in [-0.39, 0.29) is 11.3 Å². The van der Waals surface area contributed by atoms with Crippen molar-refractivity contribution in [1.82, 2.24) is 19.9 Å². The maximum absolute atomic E-state index is 12.7. The number of rotatable bonds is 3. The van der Waals surface area contributed by atoms with Crippen LogP contribution in [0.1, 0.15) is 23.0 Å². The molecule has 8 heteroatoms. The second-order valence-corrected chi connectivity index (χ2v) is 5.39. The zero-order chi connectivity index (χ0) is 17.3. The molecule has 2 heterocycles. The molecule has 0 aliphatic rings. The van der Waals surface area contributed by atoms with Crippen LogP contribution in [0, 0.1) is 0 Å². The summed E-state index contributed by atoms with van der Waals surface area (Å²) in [4.78, 5) is 32.8. The van der Waals surface area contributed by atoms with Crippen molar-refractivity contribution in [3.05, 3.63) is 53.1 Å². The van der Waals surface area contributed by atoms with Crippen molar-refractivity contribution in [3.8, 4) is 5.88 Å². The van der Waals surface area contributed by atoms with Gasteiger partial charge in [0, 0.05) is 29.3 Å². The lowest BCUT2D eigenvalue weighted by Gasteiger charge is -2.06. The smallest absolute Gasteiger partial charge is 0.328 e. The first kappa shape index (κ1) is 15.9. The van der Waals surface area contributed by atoms with E-state index in [4.69, 9.17) is 11.6 Å². The van der Waals surface area contributed by atoms with Gasteiger partial charge in [-0.25, -0.2) is 14.3 Å². The van der Waals surface area contributed by atoms with Crippen LogP contribution in [0.5, 0.6) is 5.88 Å². The summed E-state index contributed by atoms with van der Waals surface area (Å²) in [5, 5.41) is 13.9. The van der Waals surface area contributed by atoms with Gasteiger partial charge in [-0.1, -0.05) is 11.6 Å². The number of aromatic hydroxyl groups is 1. The maximum Gasteiger partial charge on any atom is 0.328 e. The molecule has 7 nitrogen and oxygen atoms in total. The number of carbonyl (C=O) groups excluding carboxylic acids is 2. The van der Waals surface area contributed by atoms with Gasteiger partial charge in [0.15, 0.2) is 0 Å². The minimum Gasteiger partial charge on any atom is -0.494 e. The predicted octanol–water partition coefficient (Wildman–Crippen LogP) is 2.60. The number of halogens is 1. The molecule has 0 fully saturated rings. The summed E-state index contributed by atoms with van der Waals surface area (Å²) in [6.45, 7) is 2.13. The van der Waals surface area contributed by atoms with Gasteiger partial charge in [0.25, 0.3) is 0 Å². The third-order valence-electron chi connectivity index (χ3n) is 3.46. The summed E-state index contributed by atoms with van der Waals surface area (Å²) in [5.74, 6) is -1.01. The van der Waals surface area contributed by atoms with E-state index in [1.807, 2.05) is 0 Å². The molecular formula is C16H13ClN4O3. The summed E-state index contributed by atoms with van der Waals surface area (Å²) in [6, 6.07) is 4.13. The Labute approximate surface area is 141 Å². The quantitative estimate of drug-likeness (QED) is 0.712.